The fraction of sp³-hybridized carbons (Fsp3) is 0.462. The minimum absolute atomic E-state index is 0.0287. The molecule has 5 nitrogen and oxygen atoms in total. The van der Waals surface area contributed by atoms with E-state index >= 15 is 0 Å². The topological polar surface area (TPSA) is 83.2 Å². The highest BCUT2D eigenvalue weighted by molar-refractivity contribution is 5.70. The molecule has 0 unspecified atom stereocenters. The second-order valence-electron chi connectivity index (χ2n) is 4.43. The lowest BCUT2D eigenvalue weighted by Gasteiger charge is -2.26. The predicted octanol–water partition coefficient (Wildman–Crippen LogP) is 1.98. The molecule has 1 N–H and O–H groups in total. The molecule has 0 bridgehead atoms. The zero-order valence-corrected chi connectivity index (χ0v) is 9.87. The van der Waals surface area contributed by atoms with Gasteiger partial charge in [0.1, 0.15) is 12.2 Å². The minimum atomic E-state index is -0.718. The Bertz CT molecular complexity index is 456. The fourth-order valence-corrected chi connectivity index (χ4v) is 2.11. The van der Waals surface area contributed by atoms with Crippen molar-refractivity contribution >= 4 is 5.97 Å². The molecule has 94 valence electrons. The van der Waals surface area contributed by atoms with Gasteiger partial charge in [-0.3, -0.25) is 4.79 Å². The number of pyridine rings is 1. The number of carbonyl (C=O) groups is 1. The smallest absolute Gasteiger partial charge is 0.306 e. The summed E-state index contributed by atoms with van der Waals surface area (Å²) < 4.78 is 5.67. The van der Waals surface area contributed by atoms with E-state index in [0.717, 1.165) is 12.8 Å². The van der Waals surface area contributed by atoms with Crippen molar-refractivity contribution in [3.8, 4) is 11.9 Å². The summed E-state index contributed by atoms with van der Waals surface area (Å²) in [5.41, 5.74) is 0.497. The number of nitriles is 1. The van der Waals surface area contributed by atoms with Crippen LogP contribution < -0.4 is 4.74 Å². The van der Waals surface area contributed by atoms with E-state index in [-0.39, 0.29) is 12.0 Å². The molecule has 0 aliphatic heterocycles. The van der Waals surface area contributed by atoms with Crippen molar-refractivity contribution in [2.24, 2.45) is 5.92 Å². The van der Waals surface area contributed by atoms with Crippen molar-refractivity contribution in [2.75, 3.05) is 0 Å². The average molecular weight is 246 g/mol. The Morgan fingerprint density at radius 2 is 2.11 bits per heavy atom. The lowest BCUT2D eigenvalue weighted by atomic mass is 9.87. The maximum Gasteiger partial charge on any atom is 0.306 e. The molecule has 0 radical (unpaired) electrons. The Morgan fingerprint density at radius 1 is 1.39 bits per heavy atom. The Balaban J connectivity index is 1.87. The summed E-state index contributed by atoms with van der Waals surface area (Å²) >= 11 is 0. The monoisotopic (exact) mass is 246 g/mol. The Morgan fingerprint density at radius 3 is 2.61 bits per heavy atom. The molecule has 1 saturated carbocycles. The van der Waals surface area contributed by atoms with Crippen LogP contribution in [-0.4, -0.2) is 22.2 Å². The molecule has 1 fully saturated rings. The third kappa shape index (κ3) is 2.98. The highest BCUT2D eigenvalue weighted by Crippen LogP contribution is 2.27. The van der Waals surface area contributed by atoms with Gasteiger partial charge >= 0.3 is 5.97 Å². The van der Waals surface area contributed by atoms with Gasteiger partial charge < -0.3 is 9.84 Å². The number of rotatable bonds is 3. The Hall–Kier alpha value is -2.09. The van der Waals surface area contributed by atoms with Gasteiger partial charge in [0.05, 0.1) is 11.5 Å². The lowest BCUT2D eigenvalue weighted by Crippen LogP contribution is -2.28. The molecule has 2 rings (SSSR count). The van der Waals surface area contributed by atoms with Gasteiger partial charge in [0, 0.05) is 12.3 Å². The van der Waals surface area contributed by atoms with Crippen LogP contribution in [0.25, 0.3) is 0 Å². The molecule has 18 heavy (non-hydrogen) atoms. The van der Waals surface area contributed by atoms with E-state index in [1.165, 1.54) is 6.20 Å². The predicted molar refractivity (Wildman–Crippen MR) is 63.0 cm³/mol. The zero-order chi connectivity index (χ0) is 13.0. The average Bonchev–Trinajstić information content (AvgIpc) is 2.40. The standard InChI is InChI=1S/C13H14N2O3/c14-7-9-1-6-12(15-8-9)18-11-4-2-10(3-5-11)13(16)17/h1,6,8,10-11H,2-5H2,(H,16,17)/t10-,11-. The largest absolute Gasteiger partial charge is 0.481 e. The van der Waals surface area contributed by atoms with Crippen LogP contribution in [0.1, 0.15) is 31.2 Å². The second kappa shape index (κ2) is 5.50. The molecule has 0 amide bonds. The summed E-state index contributed by atoms with van der Waals surface area (Å²) in [6, 6.07) is 5.32. The first-order valence-electron chi connectivity index (χ1n) is 5.94. The first-order valence-corrected chi connectivity index (χ1v) is 5.94. The van der Waals surface area contributed by atoms with Crippen molar-refractivity contribution in [3.63, 3.8) is 0 Å². The molecule has 1 aromatic rings. The third-order valence-corrected chi connectivity index (χ3v) is 3.18. The summed E-state index contributed by atoms with van der Waals surface area (Å²) in [5.74, 6) is -0.462. The molecule has 5 heteroatoms. The van der Waals surface area contributed by atoms with Crippen molar-refractivity contribution in [3.05, 3.63) is 23.9 Å². The SMILES string of the molecule is N#Cc1ccc(O[C@H]2CC[C@H](C(=O)O)CC2)nc1. The van der Waals surface area contributed by atoms with Gasteiger partial charge in [-0.15, -0.1) is 0 Å². The number of ether oxygens (including phenoxy) is 1. The van der Waals surface area contributed by atoms with Crippen LogP contribution in [-0.2, 0) is 4.79 Å². The minimum Gasteiger partial charge on any atom is -0.481 e. The maximum atomic E-state index is 10.8. The number of carboxylic acids is 1. The number of carboxylic acid groups (broad SMARTS) is 1. The van der Waals surface area contributed by atoms with Gasteiger partial charge in [-0.25, -0.2) is 4.98 Å². The van der Waals surface area contributed by atoms with E-state index < -0.39 is 5.97 Å². The third-order valence-electron chi connectivity index (χ3n) is 3.18. The quantitative estimate of drug-likeness (QED) is 0.881. The van der Waals surface area contributed by atoms with Crippen molar-refractivity contribution in [1.29, 1.82) is 5.26 Å². The van der Waals surface area contributed by atoms with Crippen molar-refractivity contribution < 1.29 is 14.6 Å². The van der Waals surface area contributed by atoms with Gasteiger partial charge in [-0.1, -0.05) is 0 Å². The lowest BCUT2D eigenvalue weighted by molar-refractivity contribution is -0.143. The van der Waals surface area contributed by atoms with E-state index in [0.29, 0.717) is 24.3 Å². The summed E-state index contributed by atoms with van der Waals surface area (Å²) in [7, 11) is 0. The van der Waals surface area contributed by atoms with Gasteiger partial charge in [0.25, 0.3) is 0 Å². The number of aromatic nitrogens is 1. The zero-order valence-electron chi connectivity index (χ0n) is 9.87. The van der Waals surface area contributed by atoms with Crippen LogP contribution in [0.3, 0.4) is 0 Å². The second-order valence-corrected chi connectivity index (χ2v) is 4.43. The molecule has 1 aromatic heterocycles. The molecule has 1 aliphatic carbocycles. The molecule has 1 aliphatic rings. The summed E-state index contributed by atoms with van der Waals surface area (Å²) in [6.07, 6.45) is 4.27. The van der Waals surface area contributed by atoms with Crippen LogP contribution in [0.4, 0.5) is 0 Å². The van der Waals surface area contributed by atoms with E-state index in [1.807, 2.05) is 6.07 Å². The molecular formula is C13H14N2O3. The molecular weight excluding hydrogens is 232 g/mol. The number of hydrogen-bond donors (Lipinski definition) is 1. The molecule has 0 saturated heterocycles. The summed E-state index contributed by atoms with van der Waals surface area (Å²) in [6.45, 7) is 0. The van der Waals surface area contributed by atoms with E-state index in [1.54, 1.807) is 12.1 Å². The highest BCUT2D eigenvalue weighted by Gasteiger charge is 2.26. The number of nitrogens with zero attached hydrogens (tertiary/aromatic N) is 2. The van der Waals surface area contributed by atoms with E-state index in [2.05, 4.69) is 4.98 Å². The summed E-state index contributed by atoms with van der Waals surface area (Å²) in [4.78, 5) is 14.8. The molecule has 1 heterocycles. The molecule has 0 spiro atoms. The van der Waals surface area contributed by atoms with Crippen LogP contribution in [0.2, 0.25) is 0 Å². The van der Waals surface area contributed by atoms with Gasteiger partial charge in [0.2, 0.25) is 5.88 Å². The maximum absolute atomic E-state index is 10.8. The summed E-state index contributed by atoms with van der Waals surface area (Å²) in [5, 5.41) is 17.5. The van der Waals surface area contributed by atoms with E-state index in [4.69, 9.17) is 15.1 Å². The van der Waals surface area contributed by atoms with Crippen molar-refractivity contribution in [2.45, 2.75) is 31.8 Å². The molecule has 0 atom stereocenters. The first kappa shape index (κ1) is 12.4. The van der Waals surface area contributed by atoms with Crippen LogP contribution in [0, 0.1) is 17.2 Å². The van der Waals surface area contributed by atoms with Crippen LogP contribution in [0.15, 0.2) is 18.3 Å². The number of aliphatic carboxylic acids is 1. The highest BCUT2D eigenvalue weighted by atomic mass is 16.5. The normalized spacial score (nSPS) is 23.1. The van der Waals surface area contributed by atoms with Gasteiger partial charge in [0.15, 0.2) is 0 Å². The molecule has 0 aromatic carbocycles. The van der Waals surface area contributed by atoms with Crippen LogP contribution in [0.5, 0.6) is 5.88 Å². The van der Waals surface area contributed by atoms with Gasteiger partial charge in [-0.2, -0.15) is 5.26 Å². The van der Waals surface area contributed by atoms with Crippen molar-refractivity contribution in [1.82, 2.24) is 4.98 Å². The van der Waals surface area contributed by atoms with Gasteiger partial charge in [-0.05, 0) is 31.7 Å². The first-order chi connectivity index (χ1) is 8.69. The van der Waals surface area contributed by atoms with E-state index in [9.17, 15) is 4.79 Å². The Kier molecular flexibility index (Phi) is 3.78. The van der Waals surface area contributed by atoms with Crippen LogP contribution >= 0.6 is 0 Å². The number of hydrogen-bond acceptors (Lipinski definition) is 4. The Labute approximate surface area is 105 Å². The fourth-order valence-electron chi connectivity index (χ4n) is 2.11.